The van der Waals surface area contributed by atoms with Gasteiger partial charge in [-0.15, -0.1) is 11.8 Å². The lowest BCUT2D eigenvalue weighted by atomic mass is 10.1. The summed E-state index contributed by atoms with van der Waals surface area (Å²) in [6, 6.07) is 7.96. The number of carboxylic acid groups (broad SMARTS) is 1. The number of nitrogens with zero attached hydrogens (tertiary/aromatic N) is 1. The van der Waals surface area contributed by atoms with E-state index in [-0.39, 0.29) is 5.91 Å². The van der Waals surface area contributed by atoms with Crippen molar-refractivity contribution in [2.24, 2.45) is 0 Å². The second kappa shape index (κ2) is 7.01. The zero-order valence-electron chi connectivity index (χ0n) is 12.6. The van der Waals surface area contributed by atoms with Crippen molar-refractivity contribution in [3.8, 4) is 0 Å². The minimum absolute atomic E-state index is 0.249. The molecule has 1 saturated heterocycles. The molecule has 1 heterocycles. The van der Waals surface area contributed by atoms with Crippen LogP contribution in [0.2, 0.25) is 0 Å². The van der Waals surface area contributed by atoms with E-state index in [0.717, 1.165) is 6.92 Å². The number of benzene rings is 1. The molecule has 0 aliphatic carbocycles. The van der Waals surface area contributed by atoms with Crippen molar-refractivity contribution in [1.29, 1.82) is 0 Å². The number of nitrogens with one attached hydrogen (secondary N) is 1. The Kier molecular flexibility index (Phi) is 5.27. The summed E-state index contributed by atoms with van der Waals surface area (Å²) in [5.41, 5.74) is -1.55. The number of carboxylic acids is 1. The van der Waals surface area contributed by atoms with E-state index < -0.39 is 30.1 Å². The highest BCUT2D eigenvalue weighted by Crippen LogP contribution is 2.23. The molecule has 1 aromatic rings. The molecule has 7 nitrogen and oxygen atoms in total. The van der Waals surface area contributed by atoms with E-state index in [1.165, 1.54) is 16.7 Å². The maximum Gasteiger partial charge on any atom is 0.337 e. The number of thioether (sulfide) groups is 1. The zero-order chi connectivity index (χ0) is 17.0. The van der Waals surface area contributed by atoms with E-state index in [1.807, 2.05) is 0 Å². The summed E-state index contributed by atoms with van der Waals surface area (Å²) in [6.07, 6.45) is 0. The van der Waals surface area contributed by atoms with Crippen LogP contribution in [0, 0.1) is 0 Å². The van der Waals surface area contributed by atoms with Gasteiger partial charge in [0.25, 0.3) is 5.91 Å². The lowest BCUT2D eigenvalue weighted by molar-refractivity contribution is -0.156. The Labute approximate surface area is 137 Å². The fourth-order valence-electron chi connectivity index (χ4n) is 2.06. The first-order valence-corrected chi connectivity index (χ1v) is 8.15. The third-order valence-corrected chi connectivity index (χ3v) is 4.55. The van der Waals surface area contributed by atoms with Gasteiger partial charge in [0.05, 0.1) is 12.4 Å². The number of amides is 2. The molecule has 2 rings (SSSR count). The number of carbonyl (C=O) groups is 3. The molecular formula is C15H18N2O5S. The summed E-state index contributed by atoms with van der Waals surface area (Å²) in [5.74, 6) is -1.32. The number of aliphatic hydroxyl groups is 1. The molecular weight excluding hydrogens is 320 g/mol. The molecule has 1 aliphatic heterocycles. The quantitative estimate of drug-likeness (QED) is 0.706. The molecule has 124 valence electrons. The smallest absolute Gasteiger partial charge is 0.337 e. The van der Waals surface area contributed by atoms with Crippen LogP contribution in [0.5, 0.6) is 0 Å². The minimum atomic E-state index is -2.05. The van der Waals surface area contributed by atoms with Gasteiger partial charge in [-0.1, -0.05) is 18.2 Å². The highest BCUT2D eigenvalue weighted by molar-refractivity contribution is 7.99. The Bertz CT molecular complexity index is 605. The first-order valence-electron chi connectivity index (χ1n) is 7.00. The number of hydrogen-bond acceptors (Lipinski definition) is 5. The first kappa shape index (κ1) is 17.3. The lowest BCUT2D eigenvalue weighted by Gasteiger charge is -2.25. The van der Waals surface area contributed by atoms with Crippen LogP contribution in [0.1, 0.15) is 17.3 Å². The molecule has 2 amide bonds. The standard InChI is InChI=1S/C15H18N2O5S/c1-15(22,14(20)21)8-16-12(18)11-7-23-9-17(11)13(19)10-5-3-2-4-6-10/h2-6,11,22H,7-9H2,1H3,(H,16,18)(H,20,21). The molecule has 3 N–H and O–H groups in total. The number of carbonyl (C=O) groups excluding carboxylic acids is 2. The SMILES string of the molecule is CC(O)(CNC(=O)C1CSCN1C(=O)c1ccccc1)C(=O)O. The monoisotopic (exact) mass is 338 g/mol. The predicted octanol–water partition coefficient (Wildman–Crippen LogP) is 0.153. The third kappa shape index (κ3) is 4.02. The van der Waals surface area contributed by atoms with Crippen molar-refractivity contribution in [3.63, 3.8) is 0 Å². The van der Waals surface area contributed by atoms with Gasteiger partial charge < -0.3 is 20.4 Å². The minimum Gasteiger partial charge on any atom is -0.479 e. The van der Waals surface area contributed by atoms with Crippen LogP contribution in [-0.2, 0) is 9.59 Å². The van der Waals surface area contributed by atoms with Crippen LogP contribution in [0.4, 0.5) is 0 Å². The molecule has 23 heavy (non-hydrogen) atoms. The third-order valence-electron chi connectivity index (χ3n) is 3.53. The van der Waals surface area contributed by atoms with Gasteiger partial charge in [-0.2, -0.15) is 0 Å². The van der Waals surface area contributed by atoms with Crippen molar-refractivity contribution in [1.82, 2.24) is 10.2 Å². The fourth-order valence-corrected chi connectivity index (χ4v) is 3.21. The van der Waals surface area contributed by atoms with Crippen LogP contribution in [0.25, 0.3) is 0 Å². The van der Waals surface area contributed by atoms with Crippen molar-refractivity contribution >= 4 is 29.5 Å². The molecule has 0 spiro atoms. The van der Waals surface area contributed by atoms with E-state index in [4.69, 9.17) is 5.11 Å². The topological polar surface area (TPSA) is 107 Å². The maximum atomic E-state index is 12.5. The van der Waals surface area contributed by atoms with E-state index in [9.17, 15) is 19.5 Å². The molecule has 2 atom stereocenters. The number of hydrogen-bond donors (Lipinski definition) is 3. The Hall–Kier alpha value is -2.06. The van der Waals surface area contributed by atoms with Crippen LogP contribution in [0.3, 0.4) is 0 Å². The van der Waals surface area contributed by atoms with Crippen LogP contribution < -0.4 is 5.32 Å². The van der Waals surface area contributed by atoms with Crippen LogP contribution in [0.15, 0.2) is 30.3 Å². The van der Waals surface area contributed by atoms with Gasteiger partial charge in [0.2, 0.25) is 5.91 Å². The molecule has 8 heteroatoms. The van der Waals surface area contributed by atoms with Gasteiger partial charge in [0.15, 0.2) is 5.60 Å². The summed E-state index contributed by atoms with van der Waals surface area (Å²) < 4.78 is 0. The van der Waals surface area contributed by atoms with E-state index in [1.54, 1.807) is 30.3 Å². The molecule has 1 aromatic carbocycles. The average Bonchev–Trinajstić information content (AvgIpc) is 3.02. The van der Waals surface area contributed by atoms with Gasteiger partial charge in [-0.05, 0) is 19.1 Å². The van der Waals surface area contributed by atoms with Gasteiger partial charge in [-0.3, -0.25) is 9.59 Å². The summed E-state index contributed by atoms with van der Waals surface area (Å²) in [7, 11) is 0. The van der Waals surface area contributed by atoms with E-state index >= 15 is 0 Å². The number of aliphatic carboxylic acids is 1. The Morgan fingerprint density at radius 3 is 2.61 bits per heavy atom. The lowest BCUT2D eigenvalue weighted by Crippen LogP contribution is -2.52. The average molecular weight is 338 g/mol. The Balaban J connectivity index is 2.02. The van der Waals surface area contributed by atoms with Crippen molar-refractivity contribution in [3.05, 3.63) is 35.9 Å². The second-order valence-corrected chi connectivity index (χ2v) is 6.45. The molecule has 0 radical (unpaired) electrons. The normalized spacial score (nSPS) is 19.9. The molecule has 0 saturated carbocycles. The zero-order valence-corrected chi connectivity index (χ0v) is 13.4. The van der Waals surface area contributed by atoms with Gasteiger partial charge in [0.1, 0.15) is 6.04 Å². The summed E-state index contributed by atoms with van der Waals surface area (Å²) in [5, 5.41) is 20.9. The van der Waals surface area contributed by atoms with Crippen LogP contribution in [-0.4, -0.2) is 62.7 Å². The first-order chi connectivity index (χ1) is 10.8. The van der Waals surface area contributed by atoms with Crippen molar-refractivity contribution in [2.75, 3.05) is 18.2 Å². The van der Waals surface area contributed by atoms with E-state index in [2.05, 4.69) is 5.32 Å². The molecule has 0 aromatic heterocycles. The number of rotatable bonds is 5. The molecule has 0 bridgehead atoms. The van der Waals surface area contributed by atoms with Gasteiger partial charge in [0, 0.05) is 11.3 Å². The largest absolute Gasteiger partial charge is 0.479 e. The maximum absolute atomic E-state index is 12.5. The summed E-state index contributed by atoms with van der Waals surface area (Å²) in [6.45, 7) is 0.682. The molecule has 1 fully saturated rings. The predicted molar refractivity (Wildman–Crippen MR) is 85.0 cm³/mol. The summed E-state index contributed by atoms with van der Waals surface area (Å²) in [4.78, 5) is 37.0. The second-order valence-electron chi connectivity index (χ2n) is 5.45. The fraction of sp³-hybridized carbons (Fsp3) is 0.400. The Morgan fingerprint density at radius 1 is 1.35 bits per heavy atom. The Morgan fingerprint density at radius 2 is 2.00 bits per heavy atom. The van der Waals surface area contributed by atoms with Crippen molar-refractivity contribution < 1.29 is 24.6 Å². The van der Waals surface area contributed by atoms with Crippen molar-refractivity contribution in [2.45, 2.75) is 18.6 Å². The van der Waals surface area contributed by atoms with Gasteiger partial charge >= 0.3 is 5.97 Å². The van der Waals surface area contributed by atoms with Crippen LogP contribution >= 0.6 is 11.8 Å². The highest BCUT2D eigenvalue weighted by atomic mass is 32.2. The highest BCUT2D eigenvalue weighted by Gasteiger charge is 2.37. The van der Waals surface area contributed by atoms with E-state index in [0.29, 0.717) is 17.2 Å². The summed E-state index contributed by atoms with van der Waals surface area (Å²) >= 11 is 1.45. The van der Waals surface area contributed by atoms with Gasteiger partial charge in [-0.25, -0.2) is 4.79 Å². The molecule has 2 unspecified atom stereocenters. The molecule has 1 aliphatic rings.